The molecule has 0 aliphatic rings. The van der Waals surface area contributed by atoms with Crippen molar-refractivity contribution in [2.45, 2.75) is 112 Å². The molecule has 3 heteroatoms. The Morgan fingerprint density at radius 1 is 0.941 bits per heavy atom. The van der Waals surface area contributed by atoms with Gasteiger partial charge < -0.3 is 9.84 Å². The molecule has 3 nitrogen and oxygen atoms in total. The maximum Gasteiger partial charge on any atom is 0.328 e. The lowest BCUT2D eigenvalue weighted by molar-refractivity contribution is -0.131. The van der Waals surface area contributed by atoms with Crippen LogP contribution in [0.1, 0.15) is 118 Å². The molecule has 0 bridgehead atoms. The van der Waals surface area contributed by atoms with E-state index in [1.807, 2.05) is 18.2 Å². The Morgan fingerprint density at radius 2 is 1.56 bits per heavy atom. The van der Waals surface area contributed by atoms with Crippen LogP contribution in [0.15, 0.2) is 42.0 Å². The van der Waals surface area contributed by atoms with Crippen molar-refractivity contribution in [1.29, 1.82) is 0 Å². The van der Waals surface area contributed by atoms with Gasteiger partial charge in [0, 0.05) is 17.2 Å². The van der Waals surface area contributed by atoms with E-state index >= 15 is 0 Å². The van der Waals surface area contributed by atoms with Gasteiger partial charge in [0.15, 0.2) is 0 Å². The lowest BCUT2D eigenvalue weighted by atomic mass is 9.78. The summed E-state index contributed by atoms with van der Waals surface area (Å²) in [6, 6.07) is 4.59. The first kappa shape index (κ1) is 29.7. The molecule has 1 aromatic rings. The molecule has 34 heavy (non-hydrogen) atoms. The maximum absolute atomic E-state index is 10.9. The molecule has 0 saturated heterocycles. The van der Waals surface area contributed by atoms with Gasteiger partial charge in [-0.25, -0.2) is 4.79 Å². The number of aliphatic carboxylic acids is 1. The molecule has 0 saturated carbocycles. The Bertz CT molecular complexity index is 886. The molecule has 0 aromatic heterocycles. The van der Waals surface area contributed by atoms with Crippen molar-refractivity contribution >= 4 is 11.5 Å². The highest BCUT2D eigenvalue weighted by Gasteiger charge is 2.26. The van der Waals surface area contributed by atoms with Gasteiger partial charge in [-0.05, 0) is 53.9 Å². The number of hydrogen-bond acceptors (Lipinski definition) is 2. The highest BCUT2D eigenvalue weighted by Crippen LogP contribution is 2.41. The van der Waals surface area contributed by atoms with Crippen LogP contribution in [0.4, 0.5) is 0 Å². The van der Waals surface area contributed by atoms with E-state index in [4.69, 9.17) is 9.84 Å². The van der Waals surface area contributed by atoms with Crippen molar-refractivity contribution < 1.29 is 14.6 Å². The van der Waals surface area contributed by atoms with E-state index in [1.54, 1.807) is 6.92 Å². The molecule has 0 aliphatic heterocycles. The van der Waals surface area contributed by atoms with Crippen LogP contribution in [0.3, 0.4) is 0 Å². The summed E-state index contributed by atoms with van der Waals surface area (Å²) in [5.74, 6) is 0.0509. The summed E-state index contributed by atoms with van der Waals surface area (Å²) in [7, 11) is 0. The van der Waals surface area contributed by atoms with Gasteiger partial charge in [-0.2, -0.15) is 0 Å². The lowest BCUT2D eigenvalue weighted by Gasteiger charge is -2.29. The van der Waals surface area contributed by atoms with Crippen molar-refractivity contribution in [3.05, 3.63) is 58.7 Å². The zero-order valence-electron chi connectivity index (χ0n) is 23.2. The Labute approximate surface area is 209 Å². The molecule has 0 unspecified atom stereocenters. The van der Waals surface area contributed by atoms with Crippen LogP contribution in [0.2, 0.25) is 0 Å². The van der Waals surface area contributed by atoms with Crippen molar-refractivity contribution in [1.82, 2.24) is 0 Å². The van der Waals surface area contributed by atoms with Crippen LogP contribution in [-0.4, -0.2) is 17.7 Å². The lowest BCUT2D eigenvalue weighted by Crippen LogP contribution is -2.19. The first-order valence-corrected chi connectivity index (χ1v) is 12.9. The molecule has 0 spiro atoms. The smallest absolute Gasteiger partial charge is 0.328 e. The van der Waals surface area contributed by atoms with Gasteiger partial charge in [-0.15, -0.1) is 0 Å². The van der Waals surface area contributed by atoms with Crippen LogP contribution in [0.25, 0.3) is 5.57 Å². The van der Waals surface area contributed by atoms with Crippen LogP contribution in [-0.2, 0) is 15.6 Å². The molecule has 0 radical (unpaired) electrons. The average molecular weight is 469 g/mol. The summed E-state index contributed by atoms with van der Waals surface area (Å²) >= 11 is 0. The fourth-order valence-electron chi connectivity index (χ4n) is 3.80. The predicted molar refractivity (Wildman–Crippen MR) is 147 cm³/mol. The molecule has 1 rings (SSSR count). The molecule has 1 aromatic carbocycles. The van der Waals surface area contributed by atoms with Gasteiger partial charge >= 0.3 is 5.97 Å². The van der Waals surface area contributed by atoms with E-state index in [1.165, 1.54) is 49.3 Å². The Kier molecular flexibility index (Phi) is 11.9. The third-order valence-electron chi connectivity index (χ3n) is 5.99. The van der Waals surface area contributed by atoms with Crippen LogP contribution < -0.4 is 4.74 Å². The average Bonchev–Trinajstić information content (AvgIpc) is 2.70. The Morgan fingerprint density at radius 3 is 2.12 bits per heavy atom. The highest BCUT2D eigenvalue weighted by molar-refractivity contribution is 5.81. The van der Waals surface area contributed by atoms with Crippen molar-refractivity contribution in [3.8, 4) is 5.75 Å². The van der Waals surface area contributed by atoms with Crippen LogP contribution >= 0.6 is 0 Å². The number of unbranched alkanes of at least 4 members (excludes halogenated alkanes) is 5. The summed E-state index contributed by atoms with van der Waals surface area (Å²) in [5, 5.41) is 8.94. The van der Waals surface area contributed by atoms with Gasteiger partial charge in [-0.1, -0.05) is 105 Å². The second kappa shape index (κ2) is 13.6. The van der Waals surface area contributed by atoms with Gasteiger partial charge in [-0.3, -0.25) is 0 Å². The first-order valence-electron chi connectivity index (χ1n) is 12.9. The predicted octanol–water partition coefficient (Wildman–Crippen LogP) is 9.01. The first-order chi connectivity index (χ1) is 15.8. The topological polar surface area (TPSA) is 46.5 Å². The Balaban J connectivity index is 3.37. The van der Waals surface area contributed by atoms with E-state index in [9.17, 15) is 4.79 Å². The number of allylic oxidation sites excluding steroid dienone is 5. The fraction of sp³-hybridized carbons (Fsp3) is 0.581. The number of ether oxygens (including phenoxy) is 1. The normalized spacial score (nSPS) is 13.6. The minimum atomic E-state index is -0.930. The summed E-state index contributed by atoms with van der Waals surface area (Å²) in [6.45, 7) is 20.3. The minimum Gasteiger partial charge on any atom is -0.493 e. The molecule has 0 atom stereocenters. The van der Waals surface area contributed by atoms with Gasteiger partial charge in [0.2, 0.25) is 0 Å². The van der Waals surface area contributed by atoms with E-state index in [2.05, 4.69) is 67.5 Å². The Hall–Kier alpha value is -2.29. The molecule has 0 fully saturated rings. The summed E-state index contributed by atoms with van der Waals surface area (Å²) in [6.07, 6.45) is 14.4. The number of hydrogen-bond donors (Lipinski definition) is 1. The van der Waals surface area contributed by atoms with Gasteiger partial charge in [0.05, 0.1) is 6.61 Å². The monoisotopic (exact) mass is 468 g/mol. The van der Waals surface area contributed by atoms with E-state index in [0.29, 0.717) is 5.57 Å². The zero-order chi connectivity index (χ0) is 25.9. The van der Waals surface area contributed by atoms with Crippen molar-refractivity contribution in [3.63, 3.8) is 0 Å². The summed E-state index contributed by atoms with van der Waals surface area (Å²) in [5.41, 5.74) is 5.42. The molecular weight excluding hydrogens is 420 g/mol. The van der Waals surface area contributed by atoms with E-state index in [-0.39, 0.29) is 10.8 Å². The molecular formula is C31H48O3. The van der Waals surface area contributed by atoms with Crippen LogP contribution in [0, 0.1) is 0 Å². The second-order valence-electron chi connectivity index (χ2n) is 11.5. The third kappa shape index (κ3) is 10.3. The molecule has 1 N–H and O–H groups in total. The van der Waals surface area contributed by atoms with Crippen molar-refractivity contribution in [2.24, 2.45) is 0 Å². The fourth-order valence-corrected chi connectivity index (χ4v) is 3.80. The number of carboxylic acids is 1. The number of benzene rings is 1. The minimum absolute atomic E-state index is 0.0174. The zero-order valence-corrected chi connectivity index (χ0v) is 23.2. The summed E-state index contributed by atoms with van der Waals surface area (Å²) in [4.78, 5) is 10.9. The molecule has 0 amide bonds. The van der Waals surface area contributed by atoms with E-state index < -0.39 is 5.97 Å². The number of rotatable bonds is 12. The van der Waals surface area contributed by atoms with Crippen molar-refractivity contribution in [2.75, 3.05) is 6.61 Å². The van der Waals surface area contributed by atoms with Crippen LogP contribution in [0.5, 0.6) is 5.75 Å². The standard InChI is InChI=1S/C31H48O3/c1-10-11-12-13-14-15-19-34-29-26(24(3)18-16-17-23(2)20-28(32)33)21-25(30(4,5)6)22-27(29)31(7,8)9/h16-18,20-22H,10-15,19H2,1-9H3,(H,32,33)/b17-16+,23-20+,24-18-. The molecule has 0 aliphatic carbocycles. The summed E-state index contributed by atoms with van der Waals surface area (Å²) < 4.78 is 6.52. The van der Waals surface area contributed by atoms with Gasteiger partial charge in [0.25, 0.3) is 0 Å². The second-order valence-corrected chi connectivity index (χ2v) is 11.5. The quantitative estimate of drug-likeness (QED) is 0.189. The molecule has 190 valence electrons. The van der Waals surface area contributed by atoms with Gasteiger partial charge in [0.1, 0.15) is 5.75 Å². The largest absolute Gasteiger partial charge is 0.493 e. The number of carbonyl (C=O) groups is 1. The highest BCUT2D eigenvalue weighted by atomic mass is 16.5. The maximum atomic E-state index is 10.9. The molecule has 0 heterocycles. The van der Waals surface area contributed by atoms with E-state index in [0.717, 1.165) is 29.9 Å². The SMILES string of the molecule is CCCCCCCCOc1c(\C(C)=C/C=C/C(C)=C/C(=O)O)cc(C(C)(C)C)cc1C(C)(C)C. The number of carboxylic acid groups (broad SMARTS) is 1. The third-order valence-corrected chi connectivity index (χ3v) is 5.99.